The number of hydrogen-bond donors (Lipinski definition) is 1. The Kier molecular flexibility index (Phi) is 4.83. The average Bonchev–Trinajstić information content (AvgIpc) is 2.17. The molecule has 1 heteroatoms. The van der Waals surface area contributed by atoms with Gasteiger partial charge in [0.15, 0.2) is 0 Å². The van der Waals surface area contributed by atoms with Crippen molar-refractivity contribution in [2.45, 2.75) is 46.0 Å². The van der Waals surface area contributed by atoms with E-state index < -0.39 is 0 Å². The highest BCUT2D eigenvalue weighted by Crippen LogP contribution is 2.26. The van der Waals surface area contributed by atoms with Gasteiger partial charge in [0.05, 0.1) is 0 Å². The minimum Gasteiger partial charge on any atom is -0.330 e. The summed E-state index contributed by atoms with van der Waals surface area (Å²) in [7, 11) is 0. The Bertz CT molecular complexity index is 284. The molecule has 2 N–H and O–H groups in total. The molecule has 1 atom stereocenters. The van der Waals surface area contributed by atoms with E-state index in [4.69, 9.17) is 5.73 Å². The first-order valence-electron chi connectivity index (χ1n) is 5.95. The maximum absolute atomic E-state index is 5.57. The van der Waals surface area contributed by atoms with Crippen LogP contribution in [0.1, 0.15) is 48.8 Å². The highest BCUT2D eigenvalue weighted by molar-refractivity contribution is 5.30. The molecule has 0 saturated carbocycles. The first kappa shape index (κ1) is 12.3. The van der Waals surface area contributed by atoms with E-state index in [0.717, 1.165) is 13.0 Å². The van der Waals surface area contributed by atoms with E-state index in [0.29, 0.717) is 5.92 Å². The van der Waals surface area contributed by atoms with Gasteiger partial charge in [0.1, 0.15) is 0 Å². The predicted octanol–water partition coefficient (Wildman–Crippen LogP) is 3.54. The summed E-state index contributed by atoms with van der Waals surface area (Å²) in [6.45, 7) is 7.42. The highest BCUT2D eigenvalue weighted by atomic mass is 14.5. The molecule has 15 heavy (non-hydrogen) atoms. The van der Waals surface area contributed by atoms with Gasteiger partial charge in [-0.3, -0.25) is 0 Å². The number of aryl methyl sites for hydroxylation is 2. The summed E-state index contributed by atoms with van der Waals surface area (Å²) < 4.78 is 0. The lowest BCUT2D eigenvalue weighted by Crippen LogP contribution is -2.04. The Morgan fingerprint density at radius 2 is 1.73 bits per heavy atom. The zero-order valence-corrected chi connectivity index (χ0v) is 10.2. The number of rotatable bonds is 5. The number of benzene rings is 1. The molecule has 1 aromatic carbocycles. The molecule has 1 nitrogen and oxygen atoms in total. The quantitative estimate of drug-likeness (QED) is 0.781. The normalized spacial score (nSPS) is 12.8. The molecule has 0 aliphatic rings. The zero-order chi connectivity index (χ0) is 11.3. The molecule has 0 aromatic heterocycles. The number of hydrogen-bond acceptors (Lipinski definition) is 1. The van der Waals surface area contributed by atoms with Crippen LogP contribution < -0.4 is 5.73 Å². The SMILES string of the molecule is CCC(CCCN)c1cc(C)cc(C)c1. The molecule has 0 saturated heterocycles. The van der Waals surface area contributed by atoms with Gasteiger partial charge in [-0.1, -0.05) is 36.2 Å². The van der Waals surface area contributed by atoms with E-state index >= 15 is 0 Å². The van der Waals surface area contributed by atoms with E-state index in [1.165, 1.54) is 29.5 Å². The summed E-state index contributed by atoms with van der Waals surface area (Å²) in [5.74, 6) is 0.687. The molecule has 0 fully saturated rings. The van der Waals surface area contributed by atoms with Gasteiger partial charge in [0, 0.05) is 0 Å². The second kappa shape index (κ2) is 5.92. The summed E-state index contributed by atoms with van der Waals surface area (Å²) in [4.78, 5) is 0. The molecule has 0 heterocycles. The van der Waals surface area contributed by atoms with Gasteiger partial charge in [0.2, 0.25) is 0 Å². The molecule has 0 aliphatic heterocycles. The minimum absolute atomic E-state index is 0.687. The van der Waals surface area contributed by atoms with Crippen LogP contribution in [0.2, 0.25) is 0 Å². The summed E-state index contributed by atoms with van der Waals surface area (Å²) in [5.41, 5.74) is 9.80. The highest BCUT2D eigenvalue weighted by Gasteiger charge is 2.09. The van der Waals surface area contributed by atoms with Crippen molar-refractivity contribution in [2.24, 2.45) is 5.73 Å². The van der Waals surface area contributed by atoms with Crippen molar-refractivity contribution in [3.05, 3.63) is 34.9 Å². The monoisotopic (exact) mass is 205 g/mol. The van der Waals surface area contributed by atoms with Crippen molar-refractivity contribution in [2.75, 3.05) is 6.54 Å². The second-order valence-electron chi connectivity index (χ2n) is 4.46. The van der Waals surface area contributed by atoms with Crippen LogP contribution in [0.5, 0.6) is 0 Å². The van der Waals surface area contributed by atoms with Crippen LogP contribution >= 0.6 is 0 Å². The average molecular weight is 205 g/mol. The van der Waals surface area contributed by atoms with Crippen molar-refractivity contribution in [3.8, 4) is 0 Å². The summed E-state index contributed by atoms with van der Waals surface area (Å²) in [5, 5.41) is 0. The topological polar surface area (TPSA) is 26.0 Å². The van der Waals surface area contributed by atoms with Crippen LogP contribution in [0.25, 0.3) is 0 Å². The first-order valence-corrected chi connectivity index (χ1v) is 5.95. The molecule has 1 aromatic rings. The zero-order valence-electron chi connectivity index (χ0n) is 10.2. The Morgan fingerprint density at radius 3 is 2.20 bits per heavy atom. The van der Waals surface area contributed by atoms with Gasteiger partial charge in [-0.2, -0.15) is 0 Å². The third-order valence-electron chi connectivity index (χ3n) is 2.96. The molecule has 0 aliphatic carbocycles. The van der Waals surface area contributed by atoms with E-state index in [-0.39, 0.29) is 0 Å². The molecule has 0 radical (unpaired) electrons. The number of nitrogens with two attached hydrogens (primary N) is 1. The second-order valence-corrected chi connectivity index (χ2v) is 4.46. The predicted molar refractivity (Wildman–Crippen MR) is 67.2 cm³/mol. The lowest BCUT2D eigenvalue weighted by Gasteiger charge is -2.16. The summed E-state index contributed by atoms with van der Waals surface area (Å²) in [6.07, 6.45) is 3.56. The van der Waals surface area contributed by atoms with Crippen molar-refractivity contribution < 1.29 is 0 Å². The molecule has 0 spiro atoms. The van der Waals surface area contributed by atoms with Crippen molar-refractivity contribution in [1.29, 1.82) is 0 Å². The molecular weight excluding hydrogens is 182 g/mol. The van der Waals surface area contributed by atoms with E-state index in [9.17, 15) is 0 Å². The van der Waals surface area contributed by atoms with Crippen LogP contribution in [0.4, 0.5) is 0 Å². The maximum Gasteiger partial charge on any atom is -0.00771 e. The molecular formula is C14H23N. The summed E-state index contributed by atoms with van der Waals surface area (Å²) >= 11 is 0. The minimum atomic E-state index is 0.687. The van der Waals surface area contributed by atoms with Crippen molar-refractivity contribution in [3.63, 3.8) is 0 Å². The fourth-order valence-corrected chi connectivity index (χ4v) is 2.22. The van der Waals surface area contributed by atoms with Gasteiger partial charge in [-0.25, -0.2) is 0 Å². The smallest absolute Gasteiger partial charge is 0.00771 e. The van der Waals surface area contributed by atoms with Gasteiger partial charge < -0.3 is 5.73 Å². The third kappa shape index (κ3) is 3.67. The van der Waals surface area contributed by atoms with E-state index in [2.05, 4.69) is 39.0 Å². The van der Waals surface area contributed by atoms with E-state index in [1.54, 1.807) is 0 Å². The molecule has 1 rings (SSSR count). The molecule has 1 unspecified atom stereocenters. The fraction of sp³-hybridized carbons (Fsp3) is 0.571. The first-order chi connectivity index (χ1) is 7.17. The largest absolute Gasteiger partial charge is 0.330 e. The van der Waals surface area contributed by atoms with E-state index in [1.807, 2.05) is 0 Å². The van der Waals surface area contributed by atoms with Gasteiger partial charge >= 0.3 is 0 Å². The van der Waals surface area contributed by atoms with Gasteiger partial charge in [-0.15, -0.1) is 0 Å². The lowest BCUT2D eigenvalue weighted by molar-refractivity contribution is 0.580. The van der Waals surface area contributed by atoms with Crippen LogP contribution in [0.3, 0.4) is 0 Å². The Hall–Kier alpha value is -0.820. The van der Waals surface area contributed by atoms with Crippen molar-refractivity contribution >= 4 is 0 Å². The molecule has 84 valence electrons. The van der Waals surface area contributed by atoms with Crippen LogP contribution in [-0.2, 0) is 0 Å². The fourth-order valence-electron chi connectivity index (χ4n) is 2.22. The van der Waals surface area contributed by atoms with Gasteiger partial charge in [0.25, 0.3) is 0 Å². The maximum atomic E-state index is 5.57. The Morgan fingerprint density at radius 1 is 1.13 bits per heavy atom. The van der Waals surface area contributed by atoms with Crippen LogP contribution in [0.15, 0.2) is 18.2 Å². The molecule has 0 bridgehead atoms. The lowest BCUT2D eigenvalue weighted by atomic mass is 9.90. The third-order valence-corrected chi connectivity index (χ3v) is 2.96. The standard InChI is InChI=1S/C14H23N/c1-4-13(6-5-7-15)14-9-11(2)8-12(3)10-14/h8-10,13H,4-7,15H2,1-3H3. The van der Waals surface area contributed by atoms with Crippen LogP contribution in [0, 0.1) is 13.8 Å². The van der Waals surface area contributed by atoms with Gasteiger partial charge in [-0.05, 0) is 51.1 Å². The molecule has 0 amide bonds. The summed E-state index contributed by atoms with van der Waals surface area (Å²) in [6, 6.07) is 6.87. The Labute approximate surface area is 93.7 Å². The van der Waals surface area contributed by atoms with Crippen LogP contribution in [-0.4, -0.2) is 6.54 Å². The Balaban J connectivity index is 2.81. The van der Waals surface area contributed by atoms with Crippen molar-refractivity contribution in [1.82, 2.24) is 0 Å².